The second-order valence-corrected chi connectivity index (χ2v) is 5.94. The molecule has 1 aromatic heterocycles. The molecule has 0 spiro atoms. The zero-order valence-corrected chi connectivity index (χ0v) is 13.5. The first-order chi connectivity index (χ1) is 11.5. The van der Waals surface area contributed by atoms with Gasteiger partial charge in [-0.1, -0.05) is 6.92 Å². The number of halogens is 1. The zero-order valence-electron chi connectivity index (χ0n) is 13.5. The number of rotatable bonds is 6. The van der Waals surface area contributed by atoms with E-state index in [0.717, 1.165) is 30.8 Å². The number of hydrogen-bond acceptors (Lipinski definition) is 4. The number of aryl methyl sites for hydroxylation is 1. The number of carbonyl (C=O) groups is 1. The predicted molar refractivity (Wildman–Crippen MR) is 85.8 cm³/mol. The number of benzene rings is 1. The first-order valence-electron chi connectivity index (χ1n) is 8.04. The summed E-state index contributed by atoms with van der Waals surface area (Å²) in [4.78, 5) is 13.3. The third-order valence-electron chi connectivity index (χ3n) is 4.17. The second-order valence-electron chi connectivity index (χ2n) is 5.94. The topological polar surface area (TPSA) is 62.9 Å². The van der Waals surface area contributed by atoms with Crippen LogP contribution in [0.2, 0.25) is 0 Å². The van der Waals surface area contributed by atoms with Gasteiger partial charge in [0.15, 0.2) is 0 Å². The monoisotopic (exact) mass is 333 g/mol. The Hall–Kier alpha value is -2.34. The minimum absolute atomic E-state index is 0.0137. The molecule has 1 saturated heterocycles. The van der Waals surface area contributed by atoms with Crippen molar-refractivity contribution in [2.45, 2.75) is 32.4 Å². The molecule has 128 valence electrons. The van der Waals surface area contributed by atoms with Crippen molar-refractivity contribution in [2.75, 3.05) is 13.1 Å². The summed E-state index contributed by atoms with van der Waals surface area (Å²) in [6, 6.07) is 7.63. The highest BCUT2D eigenvalue weighted by Gasteiger charge is 2.26. The third-order valence-corrected chi connectivity index (χ3v) is 4.17. The van der Waals surface area contributed by atoms with Crippen LogP contribution in [0.15, 0.2) is 34.7 Å². The average molecular weight is 333 g/mol. The van der Waals surface area contributed by atoms with Gasteiger partial charge in [0, 0.05) is 31.6 Å². The largest absolute Gasteiger partial charge is 0.489 e. The molecule has 1 N–H and O–H groups in total. The van der Waals surface area contributed by atoms with E-state index in [0.29, 0.717) is 18.7 Å². The number of carboxylic acid groups (broad SMARTS) is 1. The van der Waals surface area contributed by atoms with Gasteiger partial charge in [-0.25, -0.2) is 9.18 Å². The second kappa shape index (κ2) is 7.05. The number of carboxylic acids is 1. The van der Waals surface area contributed by atoms with Gasteiger partial charge in [0.2, 0.25) is 5.76 Å². The van der Waals surface area contributed by atoms with Gasteiger partial charge in [-0.05, 0) is 36.8 Å². The van der Waals surface area contributed by atoms with E-state index >= 15 is 0 Å². The Kier molecular flexibility index (Phi) is 4.85. The van der Waals surface area contributed by atoms with Gasteiger partial charge in [0.25, 0.3) is 0 Å². The molecule has 1 atom stereocenters. The van der Waals surface area contributed by atoms with E-state index in [1.54, 1.807) is 18.2 Å². The summed E-state index contributed by atoms with van der Waals surface area (Å²) in [6.45, 7) is 4.19. The maximum atomic E-state index is 12.9. The van der Waals surface area contributed by atoms with Gasteiger partial charge in [0.1, 0.15) is 23.4 Å². The normalized spacial score (nSPS) is 18.0. The Morgan fingerprint density at radius 3 is 2.83 bits per heavy atom. The van der Waals surface area contributed by atoms with Crippen molar-refractivity contribution in [1.82, 2.24) is 4.90 Å². The van der Waals surface area contributed by atoms with Crippen molar-refractivity contribution in [3.63, 3.8) is 0 Å². The molecule has 5 nitrogen and oxygen atoms in total. The van der Waals surface area contributed by atoms with Gasteiger partial charge < -0.3 is 14.3 Å². The molecule has 1 fully saturated rings. The SMILES string of the molecule is CCc1oc(C(=O)O)cc1CN1CC[C@H](Oc2ccc(F)cc2)C1. The highest BCUT2D eigenvalue weighted by Crippen LogP contribution is 2.23. The number of hydrogen-bond donors (Lipinski definition) is 1. The summed E-state index contributed by atoms with van der Waals surface area (Å²) < 4.78 is 24.2. The molecule has 0 radical (unpaired) electrons. The predicted octanol–water partition coefficient (Wildman–Crippen LogP) is 3.33. The summed E-state index contributed by atoms with van der Waals surface area (Å²) in [5.41, 5.74) is 0.914. The Morgan fingerprint density at radius 1 is 1.42 bits per heavy atom. The fraction of sp³-hybridized carbons (Fsp3) is 0.389. The Morgan fingerprint density at radius 2 is 2.17 bits per heavy atom. The van der Waals surface area contributed by atoms with Crippen LogP contribution < -0.4 is 4.74 Å². The van der Waals surface area contributed by atoms with Crippen molar-refractivity contribution < 1.29 is 23.4 Å². The van der Waals surface area contributed by atoms with Gasteiger partial charge in [-0.15, -0.1) is 0 Å². The molecule has 1 aliphatic rings. The zero-order chi connectivity index (χ0) is 17.1. The van der Waals surface area contributed by atoms with Crippen LogP contribution in [0, 0.1) is 5.82 Å². The molecule has 0 bridgehead atoms. The first kappa shape index (κ1) is 16.5. The minimum Gasteiger partial charge on any atom is -0.489 e. The van der Waals surface area contributed by atoms with Gasteiger partial charge in [-0.2, -0.15) is 0 Å². The van der Waals surface area contributed by atoms with Crippen LogP contribution in [0.4, 0.5) is 4.39 Å². The number of furan rings is 1. The van der Waals surface area contributed by atoms with Crippen LogP contribution in [0.25, 0.3) is 0 Å². The van der Waals surface area contributed by atoms with E-state index in [-0.39, 0.29) is 17.7 Å². The van der Waals surface area contributed by atoms with Crippen molar-refractivity contribution in [2.24, 2.45) is 0 Å². The van der Waals surface area contributed by atoms with Crippen molar-refractivity contribution in [1.29, 1.82) is 0 Å². The standard InChI is InChI=1S/C18H20FNO4/c1-2-16-12(9-17(24-16)18(21)22)10-20-8-7-15(11-20)23-14-5-3-13(19)4-6-14/h3-6,9,15H,2,7-8,10-11H2,1H3,(H,21,22)/t15-/m0/s1. The fourth-order valence-electron chi connectivity index (χ4n) is 2.99. The van der Waals surface area contributed by atoms with Crippen LogP contribution in [-0.4, -0.2) is 35.2 Å². The highest BCUT2D eigenvalue weighted by atomic mass is 19.1. The number of nitrogens with zero attached hydrogens (tertiary/aromatic N) is 1. The smallest absolute Gasteiger partial charge is 0.371 e. The van der Waals surface area contributed by atoms with Gasteiger partial charge >= 0.3 is 5.97 Å². The van der Waals surface area contributed by atoms with E-state index in [1.165, 1.54) is 12.1 Å². The molecule has 0 aliphatic carbocycles. The van der Waals surface area contributed by atoms with E-state index in [4.69, 9.17) is 14.3 Å². The summed E-state index contributed by atoms with van der Waals surface area (Å²) in [5.74, 6) is 0.0380. The lowest BCUT2D eigenvalue weighted by Gasteiger charge is -2.16. The summed E-state index contributed by atoms with van der Waals surface area (Å²) in [6.07, 6.45) is 1.58. The summed E-state index contributed by atoms with van der Waals surface area (Å²) in [7, 11) is 0. The van der Waals surface area contributed by atoms with Crippen LogP contribution >= 0.6 is 0 Å². The Labute approximate surface area is 139 Å². The quantitative estimate of drug-likeness (QED) is 0.878. The molecule has 0 unspecified atom stereocenters. The lowest BCUT2D eigenvalue weighted by molar-refractivity contribution is 0.0660. The molecule has 1 aromatic carbocycles. The molecule has 2 heterocycles. The van der Waals surface area contributed by atoms with Crippen LogP contribution in [-0.2, 0) is 13.0 Å². The third kappa shape index (κ3) is 3.76. The Bertz CT molecular complexity index is 710. The Balaban J connectivity index is 1.60. The molecule has 0 amide bonds. The molecule has 24 heavy (non-hydrogen) atoms. The maximum absolute atomic E-state index is 12.9. The van der Waals surface area contributed by atoms with Crippen molar-refractivity contribution in [3.05, 3.63) is 53.2 Å². The van der Waals surface area contributed by atoms with Crippen LogP contribution in [0.1, 0.15) is 35.2 Å². The van der Waals surface area contributed by atoms with E-state index < -0.39 is 5.97 Å². The van der Waals surface area contributed by atoms with E-state index in [1.807, 2.05) is 6.92 Å². The molecule has 2 aromatic rings. The molecular formula is C18H20FNO4. The minimum atomic E-state index is -1.05. The molecular weight excluding hydrogens is 313 g/mol. The van der Waals surface area contributed by atoms with Gasteiger partial charge in [-0.3, -0.25) is 4.90 Å². The van der Waals surface area contributed by atoms with Crippen LogP contribution in [0.5, 0.6) is 5.75 Å². The number of likely N-dealkylation sites (tertiary alicyclic amines) is 1. The van der Waals surface area contributed by atoms with Crippen LogP contribution in [0.3, 0.4) is 0 Å². The number of ether oxygens (including phenoxy) is 1. The first-order valence-corrected chi connectivity index (χ1v) is 8.04. The lowest BCUT2D eigenvalue weighted by atomic mass is 10.2. The van der Waals surface area contributed by atoms with Crippen molar-refractivity contribution in [3.8, 4) is 5.75 Å². The summed E-state index contributed by atoms with van der Waals surface area (Å²) >= 11 is 0. The fourth-order valence-corrected chi connectivity index (χ4v) is 2.99. The number of aromatic carboxylic acids is 1. The van der Waals surface area contributed by atoms with Gasteiger partial charge in [0.05, 0.1) is 0 Å². The highest BCUT2D eigenvalue weighted by molar-refractivity contribution is 5.84. The summed E-state index contributed by atoms with van der Waals surface area (Å²) in [5, 5.41) is 9.05. The molecule has 6 heteroatoms. The molecule has 0 saturated carbocycles. The molecule has 1 aliphatic heterocycles. The van der Waals surface area contributed by atoms with E-state index in [2.05, 4.69) is 4.90 Å². The lowest BCUT2D eigenvalue weighted by Crippen LogP contribution is -2.24. The van der Waals surface area contributed by atoms with Crippen molar-refractivity contribution >= 4 is 5.97 Å². The maximum Gasteiger partial charge on any atom is 0.371 e. The average Bonchev–Trinajstić information content (AvgIpc) is 3.17. The van der Waals surface area contributed by atoms with E-state index in [9.17, 15) is 9.18 Å². The molecule has 3 rings (SSSR count).